The van der Waals surface area contributed by atoms with Crippen molar-refractivity contribution in [3.8, 4) is 5.75 Å². The SMILES string of the molecule is CCCCN1Cc2ccc(NS(=O)(=O)c3cc(C(=O)OCC)ccc3OC)cc2C1. The highest BCUT2D eigenvalue weighted by molar-refractivity contribution is 7.92. The summed E-state index contributed by atoms with van der Waals surface area (Å²) in [6.45, 7) is 6.79. The molecule has 0 spiro atoms. The largest absolute Gasteiger partial charge is 0.495 e. The van der Waals surface area contributed by atoms with Crippen LogP contribution in [0.3, 0.4) is 0 Å². The lowest BCUT2D eigenvalue weighted by atomic mass is 10.1. The molecular formula is C22H28N2O5S. The summed E-state index contributed by atoms with van der Waals surface area (Å²) in [5.74, 6) is -0.427. The number of esters is 1. The average molecular weight is 433 g/mol. The van der Waals surface area contributed by atoms with Gasteiger partial charge in [-0.2, -0.15) is 0 Å². The summed E-state index contributed by atoms with van der Waals surface area (Å²) in [4.78, 5) is 14.3. The van der Waals surface area contributed by atoms with Crippen molar-refractivity contribution in [2.45, 2.75) is 44.7 Å². The van der Waals surface area contributed by atoms with E-state index < -0.39 is 16.0 Å². The second kappa shape index (κ2) is 9.49. The maximum Gasteiger partial charge on any atom is 0.338 e. The molecule has 1 heterocycles. The van der Waals surface area contributed by atoms with Crippen molar-refractivity contribution in [3.05, 3.63) is 53.1 Å². The third-order valence-corrected chi connectivity index (χ3v) is 6.44. The molecule has 2 aromatic rings. The Morgan fingerprint density at radius 1 is 1.10 bits per heavy atom. The van der Waals surface area contributed by atoms with Gasteiger partial charge < -0.3 is 9.47 Å². The third-order valence-electron chi connectivity index (χ3n) is 5.04. The fourth-order valence-electron chi connectivity index (χ4n) is 3.51. The molecule has 3 rings (SSSR count). The molecule has 0 aromatic heterocycles. The second-order valence-electron chi connectivity index (χ2n) is 7.24. The molecule has 0 saturated heterocycles. The number of methoxy groups -OCH3 is 1. The molecule has 2 aromatic carbocycles. The number of benzene rings is 2. The zero-order valence-corrected chi connectivity index (χ0v) is 18.4. The van der Waals surface area contributed by atoms with E-state index in [1.165, 1.54) is 30.9 Å². The standard InChI is InChI=1S/C22H28N2O5S/c1-4-6-11-24-14-17-7-9-19(12-18(17)15-24)23-30(26,27)21-13-16(22(25)29-5-2)8-10-20(21)28-3/h7-10,12-13,23H,4-6,11,14-15H2,1-3H3. The zero-order chi connectivity index (χ0) is 21.7. The maximum atomic E-state index is 13.1. The number of carbonyl (C=O) groups excluding carboxylic acids is 1. The minimum Gasteiger partial charge on any atom is -0.495 e. The van der Waals surface area contributed by atoms with Gasteiger partial charge in [0.1, 0.15) is 10.6 Å². The van der Waals surface area contributed by atoms with Crippen molar-refractivity contribution in [1.82, 2.24) is 4.90 Å². The topological polar surface area (TPSA) is 84.9 Å². The van der Waals surface area contributed by atoms with Crippen LogP contribution in [0.5, 0.6) is 5.75 Å². The summed E-state index contributed by atoms with van der Waals surface area (Å²) in [6.07, 6.45) is 2.29. The number of unbranched alkanes of at least 4 members (excludes halogenated alkanes) is 1. The molecule has 0 radical (unpaired) electrons. The van der Waals surface area contributed by atoms with Crippen LogP contribution < -0.4 is 9.46 Å². The molecule has 8 heteroatoms. The van der Waals surface area contributed by atoms with Crippen molar-refractivity contribution in [1.29, 1.82) is 0 Å². The molecular weight excluding hydrogens is 404 g/mol. The lowest BCUT2D eigenvalue weighted by Gasteiger charge is -2.14. The van der Waals surface area contributed by atoms with Gasteiger partial charge in [-0.05, 0) is 61.3 Å². The number of rotatable bonds is 9. The minimum atomic E-state index is -3.97. The van der Waals surface area contributed by atoms with Crippen LogP contribution in [-0.4, -0.2) is 39.5 Å². The van der Waals surface area contributed by atoms with Gasteiger partial charge in [-0.3, -0.25) is 9.62 Å². The Labute approximate surface area is 178 Å². The van der Waals surface area contributed by atoms with Gasteiger partial charge in [-0.1, -0.05) is 19.4 Å². The van der Waals surface area contributed by atoms with Gasteiger partial charge in [0.15, 0.2) is 0 Å². The van der Waals surface area contributed by atoms with E-state index in [1.54, 1.807) is 13.0 Å². The van der Waals surface area contributed by atoms with Gasteiger partial charge in [-0.25, -0.2) is 13.2 Å². The number of hydrogen-bond acceptors (Lipinski definition) is 6. The fourth-order valence-corrected chi connectivity index (χ4v) is 4.75. The zero-order valence-electron chi connectivity index (χ0n) is 17.6. The van der Waals surface area contributed by atoms with Gasteiger partial charge in [-0.15, -0.1) is 0 Å². The highest BCUT2D eigenvalue weighted by Gasteiger charge is 2.24. The molecule has 1 aliphatic rings. The molecule has 0 saturated carbocycles. The number of nitrogens with one attached hydrogen (secondary N) is 1. The first-order valence-electron chi connectivity index (χ1n) is 10.1. The molecule has 0 aliphatic carbocycles. The fraction of sp³-hybridized carbons (Fsp3) is 0.409. The van der Waals surface area contributed by atoms with E-state index in [0.29, 0.717) is 5.69 Å². The molecule has 30 heavy (non-hydrogen) atoms. The molecule has 0 amide bonds. The number of sulfonamides is 1. The summed E-state index contributed by atoms with van der Waals surface area (Å²) >= 11 is 0. The van der Waals surface area contributed by atoms with Crippen LogP contribution in [0.4, 0.5) is 5.69 Å². The number of fused-ring (bicyclic) bond motifs is 1. The van der Waals surface area contributed by atoms with Crippen molar-refractivity contribution in [2.75, 3.05) is 25.0 Å². The van der Waals surface area contributed by atoms with Crippen LogP contribution in [0.2, 0.25) is 0 Å². The Hall–Kier alpha value is -2.58. The average Bonchev–Trinajstić information content (AvgIpc) is 3.13. The van der Waals surface area contributed by atoms with Gasteiger partial charge >= 0.3 is 5.97 Å². The van der Waals surface area contributed by atoms with Gasteiger partial charge in [0.2, 0.25) is 0 Å². The highest BCUT2D eigenvalue weighted by atomic mass is 32.2. The van der Waals surface area contributed by atoms with E-state index in [1.807, 2.05) is 12.1 Å². The van der Waals surface area contributed by atoms with E-state index in [4.69, 9.17) is 9.47 Å². The van der Waals surface area contributed by atoms with Crippen molar-refractivity contribution in [3.63, 3.8) is 0 Å². The molecule has 162 valence electrons. The molecule has 1 N–H and O–H groups in total. The van der Waals surface area contributed by atoms with Crippen LogP contribution in [0.15, 0.2) is 41.3 Å². The molecule has 0 atom stereocenters. The number of hydrogen-bond donors (Lipinski definition) is 1. The van der Waals surface area contributed by atoms with Crippen LogP contribution >= 0.6 is 0 Å². The number of carbonyl (C=O) groups is 1. The van der Waals surface area contributed by atoms with Crippen LogP contribution in [0.25, 0.3) is 0 Å². The molecule has 0 unspecified atom stereocenters. The number of nitrogens with zero attached hydrogens (tertiary/aromatic N) is 1. The molecule has 0 fully saturated rings. The Bertz CT molecular complexity index is 1020. The molecule has 7 nitrogen and oxygen atoms in total. The van der Waals surface area contributed by atoms with Crippen LogP contribution in [0, 0.1) is 0 Å². The van der Waals surface area contributed by atoms with Gasteiger partial charge in [0.25, 0.3) is 10.0 Å². The van der Waals surface area contributed by atoms with Crippen LogP contribution in [-0.2, 0) is 27.8 Å². The summed E-state index contributed by atoms with van der Waals surface area (Å²) in [6, 6.07) is 9.82. The van der Waals surface area contributed by atoms with Crippen molar-refractivity contribution in [2.24, 2.45) is 0 Å². The lowest BCUT2D eigenvalue weighted by Crippen LogP contribution is -2.17. The quantitative estimate of drug-likeness (QED) is 0.607. The number of ether oxygens (including phenoxy) is 2. The summed E-state index contributed by atoms with van der Waals surface area (Å²) in [5.41, 5.74) is 2.97. The maximum absolute atomic E-state index is 13.1. The molecule has 1 aliphatic heterocycles. The Morgan fingerprint density at radius 3 is 2.57 bits per heavy atom. The van der Waals surface area contributed by atoms with E-state index in [2.05, 4.69) is 16.5 Å². The van der Waals surface area contributed by atoms with E-state index >= 15 is 0 Å². The first kappa shape index (κ1) is 22.1. The predicted octanol–water partition coefficient (Wildman–Crippen LogP) is 3.79. The van der Waals surface area contributed by atoms with E-state index in [9.17, 15) is 13.2 Å². The van der Waals surface area contributed by atoms with E-state index in [0.717, 1.165) is 38.0 Å². The van der Waals surface area contributed by atoms with Gasteiger partial charge in [0, 0.05) is 18.8 Å². The first-order valence-corrected chi connectivity index (χ1v) is 11.6. The van der Waals surface area contributed by atoms with Crippen molar-refractivity contribution < 1.29 is 22.7 Å². The van der Waals surface area contributed by atoms with E-state index in [-0.39, 0.29) is 22.8 Å². The Morgan fingerprint density at radius 2 is 1.87 bits per heavy atom. The van der Waals surface area contributed by atoms with Crippen molar-refractivity contribution >= 4 is 21.7 Å². The third kappa shape index (κ3) is 4.94. The first-order chi connectivity index (χ1) is 14.4. The lowest BCUT2D eigenvalue weighted by molar-refractivity contribution is 0.0526. The van der Waals surface area contributed by atoms with Gasteiger partial charge in [0.05, 0.1) is 19.3 Å². The monoisotopic (exact) mass is 432 g/mol. The predicted molar refractivity (Wildman–Crippen MR) is 115 cm³/mol. The molecule has 0 bridgehead atoms. The summed E-state index contributed by atoms with van der Waals surface area (Å²) < 4.78 is 38.9. The summed E-state index contributed by atoms with van der Waals surface area (Å²) in [7, 11) is -2.58. The number of anilines is 1. The highest BCUT2D eigenvalue weighted by Crippen LogP contribution is 2.30. The second-order valence-corrected chi connectivity index (χ2v) is 8.89. The Kier molecular flexibility index (Phi) is 6.99. The van der Waals surface area contributed by atoms with Crippen LogP contribution in [0.1, 0.15) is 48.2 Å². The normalized spacial score (nSPS) is 13.7. The minimum absolute atomic E-state index is 0.111. The summed E-state index contributed by atoms with van der Waals surface area (Å²) in [5, 5.41) is 0. The Balaban J connectivity index is 1.84. The smallest absolute Gasteiger partial charge is 0.338 e.